The maximum atomic E-state index is 11.2. The lowest BCUT2D eigenvalue weighted by atomic mass is 10.1. The molecule has 9 heteroatoms. The molecule has 0 aliphatic heterocycles. The van der Waals surface area contributed by atoms with E-state index in [1.165, 1.54) is 6.33 Å². The van der Waals surface area contributed by atoms with E-state index in [9.17, 15) is 4.79 Å². The molecule has 2 amide bonds. The number of ether oxygens (including phenoxy) is 1. The van der Waals surface area contributed by atoms with Gasteiger partial charge in [-0.25, -0.2) is 14.8 Å². The van der Waals surface area contributed by atoms with Gasteiger partial charge in [-0.2, -0.15) is 0 Å². The fourth-order valence-electron chi connectivity index (χ4n) is 3.03. The maximum Gasteiger partial charge on any atom is 0.315 e. The van der Waals surface area contributed by atoms with E-state index in [1.807, 2.05) is 43.3 Å². The van der Waals surface area contributed by atoms with E-state index >= 15 is 0 Å². The van der Waals surface area contributed by atoms with Gasteiger partial charge in [-0.1, -0.05) is 23.4 Å². The monoisotopic (exact) mass is 472 g/mol. The van der Waals surface area contributed by atoms with Gasteiger partial charge in [0, 0.05) is 29.4 Å². The van der Waals surface area contributed by atoms with Crippen LogP contribution < -0.4 is 20.7 Å². The Balaban J connectivity index is 1.53. The number of nitrogens with one attached hydrogen (secondary N) is 3. The van der Waals surface area contributed by atoms with Crippen LogP contribution in [0.15, 0.2) is 61.1 Å². The van der Waals surface area contributed by atoms with E-state index in [2.05, 4.69) is 42.7 Å². The van der Waals surface area contributed by atoms with Crippen LogP contribution in [0.2, 0.25) is 5.02 Å². The molecule has 0 spiro atoms. The first kappa shape index (κ1) is 22.8. The fourth-order valence-corrected chi connectivity index (χ4v) is 3.25. The van der Waals surface area contributed by atoms with Crippen molar-refractivity contribution in [1.82, 2.24) is 25.6 Å². The van der Waals surface area contributed by atoms with Gasteiger partial charge in [-0.05, 0) is 55.5 Å². The molecule has 4 aromatic rings. The lowest BCUT2D eigenvalue weighted by Crippen LogP contribution is -2.32. The summed E-state index contributed by atoms with van der Waals surface area (Å²) >= 11 is 6.45. The van der Waals surface area contributed by atoms with Gasteiger partial charge in [0.1, 0.15) is 23.6 Å². The summed E-state index contributed by atoms with van der Waals surface area (Å²) < 4.78 is 5.83. The van der Waals surface area contributed by atoms with Crippen LogP contribution in [-0.2, 0) is 0 Å². The molecule has 0 bridgehead atoms. The van der Waals surface area contributed by atoms with Crippen molar-refractivity contribution in [2.45, 2.75) is 6.92 Å². The van der Waals surface area contributed by atoms with Crippen LogP contribution in [0, 0.1) is 18.8 Å². The van der Waals surface area contributed by atoms with Crippen molar-refractivity contribution in [3.8, 4) is 23.3 Å². The summed E-state index contributed by atoms with van der Waals surface area (Å²) in [7, 11) is 1.55. The van der Waals surface area contributed by atoms with Gasteiger partial charge in [-0.3, -0.25) is 4.98 Å². The van der Waals surface area contributed by atoms with E-state index in [-0.39, 0.29) is 12.6 Å². The number of carbonyl (C=O) groups is 1. The molecule has 2 aromatic carbocycles. The number of amides is 2. The number of hydrogen-bond acceptors (Lipinski definition) is 6. The van der Waals surface area contributed by atoms with E-state index in [4.69, 9.17) is 16.3 Å². The zero-order chi connectivity index (χ0) is 23.9. The highest BCUT2D eigenvalue weighted by molar-refractivity contribution is 6.32. The molecule has 8 nitrogen and oxygen atoms in total. The standard InChI is InChI=1S/C25H21ClN6O2/c1-16-5-8-19(14-29-16)34-23-10-7-18(13-21(23)26)32-24-20-12-17(4-3-11-28-25(33)27-2)6-9-22(20)30-15-31-24/h5-10,12-15H,11H2,1-2H3,(H2,27,28,33)(H,30,31,32). The van der Waals surface area contributed by atoms with Gasteiger partial charge in [0.25, 0.3) is 0 Å². The van der Waals surface area contributed by atoms with Crippen LogP contribution in [0.25, 0.3) is 10.9 Å². The number of benzene rings is 2. The van der Waals surface area contributed by atoms with Crippen molar-refractivity contribution in [3.63, 3.8) is 0 Å². The zero-order valence-electron chi connectivity index (χ0n) is 18.5. The first-order valence-electron chi connectivity index (χ1n) is 10.4. The number of urea groups is 1. The van der Waals surface area contributed by atoms with Crippen LogP contribution in [0.3, 0.4) is 0 Å². The van der Waals surface area contributed by atoms with Gasteiger partial charge in [0.2, 0.25) is 0 Å². The topological polar surface area (TPSA) is 101 Å². The summed E-state index contributed by atoms with van der Waals surface area (Å²) in [5.74, 6) is 7.69. The van der Waals surface area contributed by atoms with Crippen molar-refractivity contribution in [2.24, 2.45) is 0 Å². The second kappa shape index (κ2) is 10.5. The molecule has 0 aliphatic rings. The van der Waals surface area contributed by atoms with Crippen molar-refractivity contribution in [1.29, 1.82) is 0 Å². The predicted molar refractivity (Wildman–Crippen MR) is 133 cm³/mol. The van der Waals surface area contributed by atoms with Crippen LogP contribution in [-0.4, -0.2) is 34.6 Å². The molecule has 0 fully saturated rings. The number of aromatic nitrogens is 3. The van der Waals surface area contributed by atoms with E-state index in [0.717, 1.165) is 27.8 Å². The Hall–Kier alpha value is -4.35. The first-order chi connectivity index (χ1) is 16.5. The third kappa shape index (κ3) is 5.71. The number of nitrogens with zero attached hydrogens (tertiary/aromatic N) is 3. The van der Waals surface area contributed by atoms with Gasteiger partial charge < -0.3 is 20.7 Å². The van der Waals surface area contributed by atoms with Crippen LogP contribution >= 0.6 is 11.6 Å². The molecule has 0 saturated carbocycles. The van der Waals surface area contributed by atoms with E-state index in [0.29, 0.717) is 22.3 Å². The Morgan fingerprint density at radius 1 is 1.09 bits per heavy atom. The number of fused-ring (bicyclic) bond motifs is 1. The lowest BCUT2D eigenvalue weighted by Gasteiger charge is -2.11. The summed E-state index contributed by atoms with van der Waals surface area (Å²) in [6.45, 7) is 2.15. The third-order valence-corrected chi connectivity index (χ3v) is 5.03. The number of anilines is 2. The predicted octanol–water partition coefficient (Wildman–Crippen LogP) is 4.80. The molecule has 34 heavy (non-hydrogen) atoms. The first-order valence-corrected chi connectivity index (χ1v) is 10.8. The van der Waals surface area contributed by atoms with Crippen LogP contribution in [0.1, 0.15) is 11.3 Å². The second-order valence-corrected chi connectivity index (χ2v) is 7.60. The molecular weight excluding hydrogens is 452 g/mol. The minimum atomic E-state index is -0.279. The summed E-state index contributed by atoms with van der Waals surface area (Å²) in [4.78, 5) is 24.2. The highest BCUT2D eigenvalue weighted by Gasteiger charge is 2.09. The molecule has 2 aromatic heterocycles. The summed E-state index contributed by atoms with van der Waals surface area (Å²) in [5.41, 5.74) is 3.19. The minimum absolute atomic E-state index is 0.236. The Morgan fingerprint density at radius 2 is 1.97 bits per heavy atom. The number of rotatable bonds is 5. The van der Waals surface area contributed by atoms with Gasteiger partial charge in [0.05, 0.1) is 23.3 Å². The van der Waals surface area contributed by atoms with Crippen molar-refractivity contribution in [3.05, 3.63) is 77.3 Å². The van der Waals surface area contributed by atoms with Gasteiger partial charge in [0.15, 0.2) is 0 Å². The molecule has 0 atom stereocenters. The van der Waals surface area contributed by atoms with Gasteiger partial charge >= 0.3 is 6.03 Å². The molecule has 0 saturated heterocycles. The number of pyridine rings is 1. The Bertz CT molecular complexity index is 1400. The highest BCUT2D eigenvalue weighted by atomic mass is 35.5. The molecule has 170 valence electrons. The van der Waals surface area contributed by atoms with Crippen molar-refractivity contribution >= 4 is 40.0 Å². The smallest absolute Gasteiger partial charge is 0.315 e. The average Bonchev–Trinajstić information content (AvgIpc) is 2.85. The Morgan fingerprint density at radius 3 is 2.74 bits per heavy atom. The zero-order valence-corrected chi connectivity index (χ0v) is 19.3. The third-order valence-electron chi connectivity index (χ3n) is 4.74. The minimum Gasteiger partial charge on any atom is -0.454 e. The number of carbonyl (C=O) groups excluding carboxylic acids is 1. The Kier molecular flexibility index (Phi) is 7.06. The molecule has 2 heterocycles. The van der Waals surface area contributed by atoms with Crippen LogP contribution in [0.5, 0.6) is 11.5 Å². The number of aryl methyl sites for hydroxylation is 1. The van der Waals surface area contributed by atoms with Crippen LogP contribution in [0.4, 0.5) is 16.3 Å². The molecule has 0 radical (unpaired) electrons. The molecular formula is C25H21ClN6O2. The fraction of sp³-hybridized carbons (Fsp3) is 0.120. The average molecular weight is 473 g/mol. The number of hydrogen-bond donors (Lipinski definition) is 3. The quantitative estimate of drug-likeness (QED) is 0.360. The lowest BCUT2D eigenvalue weighted by molar-refractivity contribution is 0.244. The number of halogens is 1. The second-order valence-electron chi connectivity index (χ2n) is 7.20. The molecule has 0 aliphatic carbocycles. The SMILES string of the molecule is CNC(=O)NCC#Cc1ccc2ncnc(Nc3ccc(Oc4ccc(C)nc4)c(Cl)c3)c2c1. The molecule has 3 N–H and O–H groups in total. The summed E-state index contributed by atoms with van der Waals surface area (Å²) in [5, 5.41) is 9.63. The van der Waals surface area contributed by atoms with Gasteiger partial charge in [-0.15, -0.1) is 0 Å². The summed E-state index contributed by atoms with van der Waals surface area (Å²) in [6, 6.07) is 14.5. The van der Waals surface area contributed by atoms with E-state index < -0.39 is 0 Å². The Labute approximate surface area is 201 Å². The largest absolute Gasteiger partial charge is 0.454 e. The maximum absolute atomic E-state index is 11.2. The highest BCUT2D eigenvalue weighted by Crippen LogP contribution is 2.33. The molecule has 0 unspecified atom stereocenters. The molecule has 4 rings (SSSR count). The van der Waals surface area contributed by atoms with Crippen molar-refractivity contribution < 1.29 is 9.53 Å². The normalized spacial score (nSPS) is 10.2. The van der Waals surface area contributed by atoms with E-state index in [1.54, 1.807) is 25.4 Å². The summed E-state index contributed by atoms with van der Waals surface area (Å²) in [6.07, 6.45) is 3.15. The van der Waals surface area contributed by atoms with Crippen molar-refractivity contribution in [2.75, 3.05) is 18.9 Å².